The molecule has 0 aromatic carbocycles. The van der Waals surface area contributed by atoms with E-state index in [1.54, 1.807) is 6.20 Å². The van der Waals surface area contributed by atoms with Crippen molar-refractivity contribution in [2.75, 3.05) is 13.2 Å². The smallest absolute Gasteiger partial charge is 0.127 e. The average Bonchev–Trinajstić information content (AvgIpc) is 1.90. The molecule has 44 valence electrons. The molecule has 0 spiro atoms. The van der Waals surface area contributed by atoms with Crippen molar-refractivity contribution in [1.29, 1.82) is 0 Å². The van der Waals surface area contributed by atoms with E-state index in [2.05, 4.69) is 10.3 Å². The van der Waals surface area contributed by atoms with E-state index >= 15 is 0 Å². The Balaban J connectivity index is 2.43. The van der Waals surface area contributed by atoms with Gasteiger partial charge in [0.15, 0.2) is 0 Å². The van der Waals surface area contributed by atoms with Crippen molar-refractivity contribution in [2.24, 2.45) is 4.99 Å². The number of nitrogens with zero attached hydrogens (tertiary/aromatic N) is 1. The molecule has 2 N–H and O–H groups in total. The fraction of sp³-hybridized carbons (Fsp3) is 0.400. The molecule has 1 heterocycles. The van der Waals surface area contributed by atoms with Crippen molar-refractivity contribution >= 4 is 5.84 Å². The van der Waals surface area contributed by atoms with Gasteiger partial charge in [0, 0.05) is 6.20 Å². The van der Waals surface area contributed by atoms with Gasteiger partial charge in [0.05, 0.1) is 6.54 Å². The van der Waals surface area contributed by atoms with E-state index in [-0.39, 0.29) is 6.61 Å². The average molecular weight is 112 g/mol. The molecule has 8 heavy (non-hydrogen) atoms. The van der Waals surface area contributed by atoms with Crippen molar-refractivity contribution in [1.82, 2.24) is 5.32 Å². The van der Waals surface area contributed by atoms with E-state index in [9.17, 15) is 0 Å². The lowest BCUT2D eigenvalue weighted by Gasteiger charge is -2.04. The highest BCUT2D eigenvalue weighted by Crippen LogP contribution is 1.82. The largest absolute Gasteiger partial charge is 0.388 e. The highest BCUT2D eigenvalue weighted by Gasteiger charge is 1.93. The quantitative estimate of drug-likeness (QED) is 0.480. The van der Waals surface area contributed by atoms with Crippen LogP contribution in [-0.4, -0.2) is 24.1 Å². The van der Waals surface area contributed by atoms with Crippen molar-refractivity contribution in [3.05, 3.63) is 12.3 Å². The summed E-state index contributed by atoms with van der Waals surface area (Å²) in [5.41, 5.74) is 0. The summed E-state index contributed by atoms with van der Waals surface area (Å²) in [7, 11) is 0. The zero-order valence-electron chi connectivity index (χ0n) is 4.46. The second kappa shape index (κ2) is 2.47. The van der Waals surface area contributed by atoms with Gasteiger partial charge in [-0.3, -0.25) is 4.99 Å². The summed E-state index contributed by atoms with van der Waals surface area (Å²) < 4.78 is 0. The van der Waals surface area contributed by atoms with Crippen LogP contribution in [0.25, 0.3) is 0 Å². The molecule has 3 nitrogen and oxygen atoms in total. The summed E-state index contributed by atoms with van der Waals surface area (Å²) in [6.45, 7) is 0.688. The Morgan fingerprint density at radius 1 is 1.88 bits per heavy atom. The molecule has 0 aliphatic carbocycles. The van der Waals surface area contributed by atoms with Crippen LogP contribution in [0.3, 0.4) is 0 Å². The highest BCUT2D eigenvalue weighted by molar-refractivity contribution is 5.84. The van der Waals surface area contributed by atoms with Gasteiger partial charge in [-0.05, 0) is 6.08 Å². The van der Waals surface area contributed by atoms with Gasteiger partial charge in [0.1, 0.15) is 12.4 Å². The topological polar surface area (TPSA) is 44.6 Å². The van der Waals surface area contributed by atoms with Crippen LogP contribution in [0.2, 0.25) is 0 Å². The first kappa shape index (κ1) is 5.31. The van der Waals surface area contributed by atoms with Gasteiger partial charge >= 0.3 is 0 Å². The number of rotatable bonds is 1. The van der Waals surface area contributed by atoms with Crippen molar-refractivity contribution in [3.8, 4) is 0 Å². The molecule has 0 amide bonds. The number of aliphatic hydroxyl groups excluding tert-OH is 1. The predicted molar refractivity (Wildman–Crippen MR) is 31.7 cm³/mol. The lowest BCUT2D eigenvalue weighted by atomic mass is 10.5. The van der Waals surface area contributed by atoms with Gasteiger partial charge < -0.3 is 10.4 Å². The van der Waals surface area contributed by atoms with E-state index in [1.807, 2.05) is 6.08 Å². The van der Waals surface area contributed by atoms with E-state index < -0.39 is 0 Å². The molecule has 1 aliphatic heterocycles. The highest BCUT2D eigenvalue weighted by atomic mass is 16.3. The normalized spacial score (nSPS) is 17.4. The Labute approximate surface area is 47.7 Å². The molecule has 3 heteroatoms. The summed E-state index contributed by atoms with van der Waals surface area (Å²) in [6, 6.07) is 0. The van der Waals surface area contributed by atoms with Gasteiger partial charge in [-0.15, -0.1) is 0 Å². The lowest BCUT2D eigenvalue weighted by molar-refractivity contribution is 0.353. The molecule has 0 aromatic heterocycles. The Hall–Kier alpha value is -0.830. The van der Waals surface area contributed by atoms with E-state index in [0.29, 0.717) is 12.4 Å². The minimum atomic E-state index is 0.00431. The Bertz CT molecular complexity index is 128. The van der Waals surface area contributed by atoms with Gasteiger partial charge in [-0.25, -0.2) is 0 Å². The molecule has 0 atom stereocenters. The molecule has 1 rings (SSSR count). The molecular weight excluding hydrogens is 104 g/mol. The fourth-order valence-corrected chi connectivity index (χ4v) is 0.512. The third kappa shape index (κ3) is 1.07. The van der Waals surface area contributed by atoms with Gasteiger partial charge in [-0.2, -0.15) is 0 Å². The number of amidine groups is 1. The van der Waals surface area contributed by atoms with Crippen LogP contribution in [0.5, 0.6) is 0 Å². The number of hydrogen-bond donors (Lipinski definition) is 2. The number of aliphatic imine (C=N–C) groups is 1. The molecule has 0 unspecified atom stereocenters. The molecule has 0 aromatic rings. The van der Waals surface area contributed by atoms with Crippen LogP contribution >= 0.6 is 0 Å². The van der Waals surface area contributed by atoms with Gasteiger partial charge in [0.25, 0.3) is 0 Å². The molecule has 0 radical (unpaired) electrons. The summed E-state index contributed by atoms with van der Waals surface area (Å²) in [6.07, 6.45) is 3.66. The maximum atomic E-state index is 8.46. The van der Waals surface area contributed by atoms with Crippen LogP contribution in [0, 0.1) is 0 Å². The third-order valence-electron chi connectivity index (χ3n) is 0.905. The van der Waals surface area contributed by atoms with E-state index in [4.69, 9.17) is 5.11 Å². The zero-order chi connectivity index (χ0) is 5.82. The van der Waals surface area contributed by atoms with Crippen LogP contribution in [-0.2, 0) is 0 Å². The van der Waals surface area contributed by atoms with Crippen molar-refractivity contribution in [2.45, 2.75) is 0 Å². The molecule has 0 bridgehead atoms. The van der Waals surface area contributed by atoms with Crippen LogP contribution in [0.1, 0.15) is 0 Å². The van der Waals surface area contributed by atoms with Crippen LogP contribution < -0.4 is 5.32 Å². The van der Waals surface area contributed by atoms with Crippen LogP contribution in [0.15, 0.2) is 17.3 Å². The lowest BCUT2D eigenvalue weighted by Crippen LogP contribution is -2.23. The minimum Gasteiger partial charge on any atom is -0.388 e. The van der Waals surface area contributed by atoms with E-state index in [1.165, 1.54) is 0 Å². The SMILES string of the molecule is OCC1=NCC=CN1. The monoisotopic (exact) mass is 112 g/mol. The Morgan fingerprint density at radius 3 is 3.12 bits per heavy atom. The molecular formula is C5H8N2O. The number of hydrogen-bond acceptors (Lipinski definition) is 3. The maximum Gasteiger partial charge on any atom is 0.127 e. The fourth-order valence-electron chi connectivity index (χ4n) is 0.512. The number of nitrogens with one attached hydrogen (secondary N) is 1. The first-order valence-corrected chi connectivity index (χ1v) is 2.49. The van der Waals surface area contributed by atoms with Gasteiger partial charge in [-0.1, -0.05) is 0 Å². The predicted octanol–water partition coefficient (Wildman–Crippen LogP) is -0.506. The van der Waals surface area contributed by atoms with Crippen LogP contribution in [0.4, 0.5) is 0 Å². The second-order valence-electron chi connectivity index (χ2n) is 1.49. The first-order chi connectivity index (χ1) is 3.93. The molecule has 0 saturated heterocycles. The number of aliphatic hydroxyl groups is 1. The summed E-state index contributed by atoms with van der Waals surface area (Å²) in [5.74, 6) is 0.646. The van der Waals surface area contributed by atoms with Crippen molar-refractivity contribution in [3.63, 3.8) is 0 Å². The van der Waals surface area contributed by atoms with Crippen molar-refractivity contribution < 1.29 is 5.11 Å². The zero-order valence-corrected chi connectivity index (χ0v) is 4.46. The summed E-state index contributed by atoms with van der Waals surface area (Å²) in [5, 5.41) is 11.3. The molecule has 0 saturated carbocycles. The Kier molecular flexibility index (Phi) is 1.64. The second-order valence-corrected chi connectivity index (χ2v) is 1.49. The van der Waals surface area contributed by atoms with E-state index in [0.717, 1.165) is 0 Å². The summed E-state index contributed by atoms with van der Waals surface area (Å²) >= 11 is 0. The first-order valence-electron chi connectivity index (χ1n) is 2.49. The van der Waals surface area contributed by atoms with Gasteiger partial charge in [0.2, 0.25) is 0 Å². The molecule has 1 aliphatic rings. The third-order valence-corrected chi connectivity index (χ3v) is 0.905. The Morgan fingerprint density at radius 2 is 2.75 bits per heavy atom. The molecule has 0 fully saturated rings. The minimum absolute atomic E-state index is 0.00431. The standard InChI is InChI=1S/C5H8N2O/c8-4-5-6-2-1-3-7-5/h1-2,8H,3-4H2,(H,6,7). The summed E-state index contributed by atoms with van der Waals surface area (Å²) in [4.78, 5) is 3.92. The maximum absolute atomic E-state index is 8.46.